The Morgan fingerprint density at radius 3 is 2.52 bits per heavy atom. The number of nitrogens with one attached hydrogen (secondary N) is 2. The molecule has 1 fully saturated rings. The first-order valence-corrected chi connectivity index (χ1v) is 11.2. The molecule has 2 aromatic carbocycles. The van der Waals surface area contributed by atoms with E-state index in [1.54, 1.807) is 0 Å². The molecule has 0 atom stereocenters. The van der Waals surface area contributed by atoms with Gasteiger partial charge in [-0.3, -0.25) is 0 Å². The van der Waals surface area contributed by atoms with Crippen LogP contribution in [0.3, 0.4) is 0 Å². The van der Waals surface area contributed by atoms with Crippen molar-refractivity contribution < 1.29 is 4.74 Å². The third kappa shape index (κ3) is 7.58. The minimum Gasteiger partial charge on any atom is -0.494 e. The predicted octanol–water partition coefficient (Wildman–Crippen LogP) is 6.05. The van der Waals surface area contributed by atoms with Crippen LogP contribution >= 0.6 is 12.2 Å². The Hall–Kier alpha value is -2.27. The van der Waals surface area contributed by atoms with Crippen LogP contribution in [0.15, 0.2) is 48.5 Å². The van der Waals surface area contributed by atoms with Gasteiger partial charge in [-0.25, -0.2) is 0 Å². The minimum absolute atomic E-state index is 0.262. The van der Waals surface area contributed by atoms with E-state index in [4.69, 9.17) is 22.7 Å². The fourth-order valence-electron chi connectivity index (χ4n) is 3.94. The van der Waals surface area contributed by atoms with Gasteiger partial charge in [-0.15, -0.1) is 0 Å². The van der Waals surface area contributed by atoms with E-state index in [-0.39, 0.29) is 5.11 Å². The van der Waals surface area contributed by atoms with E-state index in [1.165, 1.54) is 43.4 Å². The summed E-state index contributed by atoms with van der Waals surface area (Å²) in [7, 11) is 0. The van der Waals surface area contributed by atoms with E-state index >= 15 is 0 Å². The first-order valence-electron chi connectivity index (χ1n) is 10.8. The fourth-order valence-corrected chi connectivity index (χ4v) is 4.06. The van der Waals surface area contributed by atoms with Crippen molar-refractivity contribution in [3.63, 3.8) is 0 Å². The van der Waals surface area contributed by atoms with Gasteiger partial charge in [-0.1, -0.05) is 37.5 Å². The van der Waals surface area contributed by atoms with Crippen molar-refractivity contribution in [1.82, 2.24) is 0 Å². The molecule has 0 amide bonds. The Kier molecular flexibility index (Phi) is 8.62. The van der Waals surface area contributed by atoms with Crippen molar-refractivity contribution >= 4 is 28.7 Å². The van der Waals surface area contributed by atoms with E-state index in [1.807, 2.05) is 24.3 Å². The van der Waals surface area contributed by atoms with Crippen LogP contribution in [-0.2, 0) is 0 Å². The predicted molar refractivity (Wildman–Crippen MR) is 127 cm³/mol. The van der Waals surface area contributed by atoms with Gasteiger partial charge in [0.25, 0.3) is 0 Å². The Morgan fingerprint density at radius 1 is 0.966 bits per heavy atom. The smallest absolute Gasteiger partial charge is 0.168 e. The van der Waals surface area contributed by atoms with Crippen molar-refractivity contribution in [1.29, 1.82) is 0 Å². The topological polar surface area (TPSA) is 59.3 Å². The Balaban J connectivity index is 1.28. The second-order valence-electron chi connectivity index (χ2n) is 7.81. The summed E-state index contributed by atoms with van der Waals surface area (Å²) in [6, 6.07) is 16.8. The SMILES string of the molecule is NC(=S)Nc1cccc(OCCCCCNc2ccc(C3CCCCC3)cc2)c1. The van der Waals surface area contributed by atoms with Crippen LogP contribution in [0.25, 0.3) is 0 Å². The molecule has 156 valence electrons. The van der Waals surface area contributed by atoms with Crippen molar-refractivity contribution in [3.8, 4) is 5.75 Å². The molecule has 0 spiro atoms. The maximum absolute atomic E-state index is 5.82. The maximum Gasteiger partial charge on any atom is 0.168 e. The summed E-state index contributed by atoms with van der Waals surface area (Å²) in [6.07, 6.45) is 10.2. The molecule has 5 heteroatoms. The lowest BCUT2D eigenvalue weighted by molar-refractivity contribution is 0.306. The molecule has 1 aliphatic carbocycles. The second-order valence-corrected chi connectivity index (χ2v) is 8.25. The highest BCUT2D eigenvalue weighted by molar-refractivity contribution is 7.80. The van der Waals surface area contributed by atoms with Crippen LogP contribution in [0.5, 0.6) is 5.75 Å². The Morgan fingerprint density at radius 2 is 1.76 bits per heavy atom. The monoisotopic (exact) mass is 411 g/mol. The molecule has 1 saturated carbocycles. The third-order valence-electron chi connectivity index (χ3n) is 5.51. The maximum atomic E-state index is 5.82. The number of unbranched alkanes of at least 4 members (excludes halogenated alkanes) is 2. The van der Waals surface area contributed by atoms with Crippen molar-refractivity contribution in [2.24, 2.45) is 5.73 Å². The molecular weight excluding hydrogens is 378 g/mol. The second kappa shape index (κ2) is 11.7. The van der Waals surface area contributed by atoms with Crippen LogP contribution < -0.4 is 21.1 Å². The zero-order chi connectivity index (χ0) is 20.3. The van der Waals surface area contributed by atoms with Crippen molar-refractivity contribution in [3.05, 3.63) is 54.1 Å². The number of hydrogen-bond acceptors (Lipinski definition) is 3. The van der Waals surface area contributed by atoms with E-state index in [9.17, 15) is 0 Å². The molecule has 0 aliphatic heterocycles. The fraction of sp³-hybridized carbons (Fsp3) is 0.458. The van der Waals surface area contributed by atoms with Gasteiger partial charge in [0.15, 0.2) is 5.11 Å². The van der Waals surface area contributed by atoms with Crippen LogP contribution in [0.1, 0.15) is 62.8 Å². The molecule has 2 aromatic rings. The summed E-state index contributed by atoms with van der Waals surface area (Å²) < 4.78 is 5.82. The largest absolute Gasteiger partial charge is 0.494 e. The molecule has 0 saturated heterocycles. The molecule has 4 N–H and O–H groups in total. The molecular formula is C24H33N3OS. The highest BCUT2D eigenvalue weighted by Gasteiger charge is 2.14. The minimum atomic E-state index is 0.262. The average molecular weight is 412 g/mol. The van der Waals surface area contributed by atoms with Crippen LogP contribution in [0.2, 0.25) is 0 Å². The van der Waals surface area contributed by atoms with E-state index in [0.29, 0.717) is 6.61 Å². The van der Waals surface area contributed by atoms with Crippen LogP contribution in [0.4, 0.5) is 11.4 Å². The number of benzene rings is 2. The van der Waals surface area contributed by atoms with E-state index < -0.39 is 0 Å². The van der Waals surface area contributed by atoms with Gasteiger partial charge in [0.2, 0.25) is 0 Å². The number of anilines is 2. The molecule has 0 unspecified atom stereocenters. The van der Waals surface area contributed by atoms with Gasteiger partial charge in [0.05, 0.1) is 6.61 Å². The zero-order valence-electron chi connectivity index (χ0n) is 17.2. The lowest BCUT2D eigenvalue weighted by Gasteiger charge is -2.22. The molecule has 4 nitrogen and oxygen atoms in total. The number of nitrogens with two attached hydrogens (primary N) is 1. The van der Waals surface area contributed by atoms with Crippen molar-refractivity contribution in [2.45, 2.75) is 57.3 Å². The summed E-state index contributed by atoms with van der Waals surface area (Å²) in [5.41, 5.74) is 9.09. The first-order chi connectivity index (χ1) is 14.2. The lowest BCUT2D eigenvalue weighted by Crippen LogP contribution is -2.18. The molecule has 0 radical (unpaired) electrons. The lowest BCUT2D eigenvalue weighted by atomic mass is 9.84. The van der Waals surface area contributed by atoms with Gasteiger partial charge in [0.1, 0.15) is 5.75 Å². The molecule has 0 aromatic heterocycles. The summed E-state index contributed by atoms with van der Waals surface area (Å²) >= 11 is 4.86. The summed E-state index contributed by atoms with van der Waals surface area (Å²) in [5, 5.41) is 6.72. The molecule has 1 aliphatic rings. The van der Waals surface area contributed by atoms with Gasteiger partial charge < -0.3 is 21.1 Å². The molecule has 29 heavy (non-hydrogen) atoms. The zero-order valence-corrected chi connectivity index (χ0v) is 18.0. The first kappa shape index (κ1) is 21.4. The third-order valence-corrected chi connectivity index (χ3v) is 5.61. The van der Waals surface area contributed by atoms with Gasteiger partial charge in [-0.2, -0.15) is 0 Å². The normalized spacial score (nSPS) is 14.3. The average Bonchev–Trinajstić information content (AvgIpc) is 2.74. The number of thiocarbonyl (C=S) groups is 1. The quantitative estimate of drug-likeness (QED) is 0.328. The van der Waals surface area contributed by atoms with Gasteiger partial charge >= 0.3 is 0 Å². The standard InChI is InChI=1S/C24H33N3OS/c25-24(29)27-22-10-7-11-23(18-22)28-17-6-2-5-16-26-21-14-12-20(13-15-21)19-8-3-1-4-9-19/h7,10-15,18-19,26H,1-6,8-9,16-17H2,(H3,25,27,29). The van der Waals surface area contributed by atoms with Crippen LogP contribution in [0, 0.1) is 0 Å². The summed E-state index contributed by atoms with van der Waals surface area (Å²) in [4.78, 5) is 0. The van der Waals surface area contributed by atoms with Crippen LogP contribution in [-0.4, -0.2) is 18.3 Å². The highest BCUT2D eigenvalue weighted by atomic mass is 32.1. The molecule has 0 bridgehead atoms. The molecule has 3 rings (SSSR count). The van der Waals surface area contributed by atoms with Gasteiger partial charge in [0, 0.05) is 24.0 Å². The Bertz CT molecular complexity index is 757. The molecule has 0 heterocycles. The number of rotatable bonds is 10. The highest BCUT2D eigenvalue weighted by Crippen LogP contribution is 2.32. The van der Waals surface area contributed by atoms with E-state index in [2.05, 4.69) is 34.9 Å². The van der Waals surface area contributed by atoms with E-state index in [0.717, 1.165) is 43.2 Å². The van der Waals surface area contributed by atoms with Gasteiger partial charge in [-0.05, 0) is 80.1 Å². The summed E-state index contributed by atoms with van der Waals surface area (Å²) in [5.74, 6) is 1.61. The summed E-state index contributed by atoms with van der Waals surface area (Å²) in [6.45, 7) is 1.71. The number of ether oxygens (including phenoxy) is 1. The Labute approximate surface area is 180 Å². The number of hydrogen-bond donors (Lipinski definition) is 3. The van der Waals surface area contributed by atoms with Crippen molar-refractivity contribution in [2.75, 3.05) is 23.8 Å².